The molecule has 0 aromatic carbocycles. The first-order chi connectivity index (χ1) is 8.20. The maximum absolute atomic E-state index is 12.3. The molecule has 5 heteroatoms. The first-order valence-corrected chi connectivity index (χ1v) is 6.44. The quantitative estimate of drug-likeness (QED) is 0.840. The zero-order valence-corrected chi connectivity index (χ0v) is 11.8. The van der Waals surface area contributed by atoms with Crippen LogP contribution in [-0.2, 0) is 4.79 Å². The summed E-state index contributed by atoms with van der Waals surface area (Å²) in [5.74, 6) is -0.835. The number of amides is 2. The molecule has 1 rings (SSSR count). The van der Waals surface area contributed by atoms with Crippen molar-refractivity contribution in [1.82, 2.24) is 9.80 Å². The average Bonchev–Trinajstić information content (AvgIpc) is 2.60. The fourth-order valence-electron chi connectivity index (χ4n) is 2.50. The summed E-state index contributed by atoms with van der Waals surface area (Å²) in [6, 6.07) is -0.189. The molecule has 0 radical (unpaired) electrons. The number of urea groups is 1. The third kappa shape index (κ3) is 4.20. The lowest BCUT2D eigenvalue weighted by molar-refractivity contribution is -0.138. The molecule has 18 heavy (non-hydrogen) atoms. The first kappa shape index (κ1) is 14.8. The topological polar surface area (TPSA) is 60.9 Å². The zero-order valence-electron chi connectivity index (χ0n) is 11.8. The van der Waals surface area contributed by atoms with E-state index in [0.717, 1.165) is 12.8 Å². The highest BCUT2D eigenvalue weighted by atomic mass is 16.4. The first-order valence-electron chi connectivity index (χ1n) is 6.44. The number of nitrogens with zero attached hydrogens (tertiary/aromatic N) is 2. The lowest BCUT2D eigenvalue weighted by Crippen LogP contribution is -2.46. The molecule has 0 aliphatic carbocycles. The molecular formula is C13H24N2O3. The summed E-state index contributed by atoms with van der Waals surface area (Å²) in [5, 5.41) is 8.85. The van der Waals surface area contributed by atoms with Crippen LogP contribution >= 0.6 is 0 Å². The maximum Gasteiger partial charge on any atom is 0.320 e. The number of carbonyl (C=O) groups is 2. The van der Waals surface area contributed by atoms with Crippen LogP contribution in [0.2, 0.25) is 0 Å². The molecule has 2 amide bonds. The predicted octanol–water partition coefficient (Wildman–Crippen LogP) is 2.02. The van der Waals surface area contributed by atoms with E-state index in [0.29, 0.717) is 13.1 Å². The fraction of sp³-hybridized carbons (Fsp3) is 0.846. The minimum Gasteiger partial charge on any atom is -0.481 e. The van der Waals surface area contributed by atoms with Crippen molar-refractivity contribution < 1.29 is 14.7 Å². The highest BCUT2D eigenvalue weighted by Gasteiger charge is 2.32. The molecular weight excluding hydrogens is 232 g/mol. The van der Waals surface area contributed by atoms with Crippen LogP contribution in [0.3, 0.4) is 0 Å². The lowest BCUT2D eigenvalue weighted by Gasteiger charge is -2.32. The van der Waals surface area contributed by atoms with Gasteiger partial charge in [-0.3, -0.25) is 4.79 Å². The van der Waals surface area contributed by atoms with Gasteiger partial charge in [-0.05, 0) is 18.3 Å². The van der Waals surface area contributed by atoms with Gasteiger partial charge in [-0.15, -0.1) is 0 Å². The molecule has 1 saturated heterocycles. The molecule has 1 heterocycles. The van der Waals surface area contributed by atoms with Gasteiger partial charge >= 0.3 is 12.0 Å². The van der Waals surface area contributed by atoms with E-state index >= 15 is 0 Å². The van der Waals surface area contributed by atoms with Gasteiger partial charge in [0.1, 0.15) is 0 Å². The van der Waals surface area contributed by atoms with Gasteiger partial charge in [0.05, 0.1) is 6.42 Å². The Bertz CT molecular complexity index is 323. The molecule has 0 spiro atoms. The Hall–Kier alpha value is -1.26. The molecule has 1 N–H and O–H groups in total. The van der Waals surface area contributed by atoms with E-state index in [4.69, 9.17) is 5.11 Å². The Balaban J connectivity index is 2.62. The van der Waals surface area contributed by atoms with E-state index in [1.807, 2.05) is 0 Å². The third-order valence-electron chi connectivity index (χ3n) is 3.07. The van der Waals surface area contributed by atoms with E-state index in [1.165, 1.54) is 0 Å². The van der Waals surface area contributed by atoms with Crippen LogP contribution in [0.15, 0.2) is 0 Å². The van der Waals surface area contributed by atoms with Crippen LogP contribution in [0.25, 0.3) is 0 Å². The Morgan fingerprint density at radius 1 is 1.39 bits per heavy atom. The van der Waals surface area contributed by atoms with Crippen LogP contribution in [0.5, 0.6) is 0 Å². The van der Waals surface area contributed by atoms with E-state index in [9.17, 15) is 9.59 Å². The second-order valence-electron chi connectivity index (χ2n) is 6.29. The summed E-state index contributed by atoms with van der Waals surface area (Å²) in [7, 11) is 1.78. The molecule has 1 atom stereocenters. The number of likely N-dealkylation sites (tertiary alicyclic amines) is 1. The number of rotatable bonds is 3. The van der Waals surface area contributed by atoms with Gasteiger partial charge in [0, 0.05) is 26.2 Å². The van der Waals surface area contributed by atoms with Gasteiger partial charge in [0.15, 0.2) is 0 Å². The van der Waals surface area contributed by atoms with Crippen LogP contribution < -0.4 is 0 Å². The Labute approximate surface area is 109 Å². The van der Waals surface area contributed by atoms with E-state index in [2.05, 4.69) is 20.8 Å². The van der Waals surface area contributed by atoms with Crippen molar-refractivity contribution >= 4 is 12.0 Å². The number of hydrogen-bond donors (Lipinski definition) is 1. The van der Waals surface area contributed by atoms with Crippen LogP contribution in [0.4, 0.5) is 4.79 Å². The van der Waals surface area contributed by atoms with Gasteiger partial charge in [-0.25, -0.2) is 4.79 Å². The summed E-state index contributed by atoms with van der Waals surface area (Å²) < 4.78 is 0. The highest BCUT2D eigenvalue weighted by Crippen LogP contribution is 2.23. The second-order valence-corrected chi connectivity index (χ2v) is 6.29. The van der Waals surface area contributed by atoms with Crippen molar-refractivity contribution in [3.05, 3.63) is 0 Å². The fourth-order valence-corrected chi connectivity index (χ4v) is 2.50. The van der Waals surface area contributed by atoms with E-state index < -0.39 is 5.97 Å². The standard InChI is InChI=1S/C13H24N2O3/c1-13(2,3)9-14(4)12(18)15-7-5-6-10(15)8-11(16)17/h10H,5-9H2,1-4H3,(H,16,17). The molecule has 0 saturated carbocycles. The molecule has 104 valence electrons. The van der Waals surface area contributed by atoms with Crippen LogP contribution in [0.1, 0.15) is 40.0 Å². The van der Waals surface area contributed by atoms with Crippen molar-refractivity contribution in [1.29, 1.82) is 0 Å². The van der Waals surface area contributed by atoms with Crippen molar-refractivity contribution in [2.24, 2.45) is 5.41 Å². The minimum atomic E-state index is -0.835. The lowest BCUT2D eigenvalue weighted by atomic mass is 9.96. The highest BCUT2D eigenvalue weighted by molar-refractivity contribution is 5.76. The smallest absolute Gasteiger partial charge is 0.320 e. The second kappa shape index (κ2) is 5.59. The summed E-state index contributed by atoms with van der Waals surface area (Å²) in [6.07, 6.45) is 1.74. The van der Waals surface area contributed by atoms with Gasteiger partial charge in [0.2, 0.25) is 0 Å². The number of carbonyl (C=O) groups excluding carboxylic acids is 1. The SMILES string of the molecule is CN(CC(C)(C)C)C(=O)N1CCCC1CC(=O)O. The molecule has 0 aromatic heterocycles. The Morgan fingerprint density at radius 3 is 2.50 bits per heavy atom. The summed E-state index contributed by atoms with van der Waals surface area (Å²) in [5.41, 5.74) is 0.0480. The van der Waals surface area contributed by atoms with Gasteiger partial charge in [0.25, 0.3) is 0 Å². The predicted molar refractivity (Wildman–Crippen MR) is 69.5 cm³/mol. The van der Waals surface area contributed by atoms with Crippen molar-refractivity contribution in [3.63, 3.8) is 0 Å². The number of aliphatic carboxylic acids is 1. The zero-order chi connectivity index (χ0) is 13.9. The summed E-state index contributed by atoms with van der Waals surface area (Å²) in [6.45, 7) is 7.58. The largest absolute Gasteiger partial charge is 0.481 e. The number of carboxylic acids is 1. The number of hydrogen-bond acceptors (Lipinski definition) is 2. The Morgan fingerprint density at radius 2 is 2.00 bits per heavy atom. The molecule has 1 aliphatic rings. The van der Waals surface area contributed by atoms with Crippen molar-refractivity contribution in [3.8, 4) is 0 Å². The molecule has 0 aromatic rings. The number of carboxylic acid groups (broad SMARTS) is 1. The summed E-state index contributed by atoms with van der Waals surface area (Å²) >= 11 is 0. The maximum atomic E-state index is 12.3. The van der Waals surface area contributed by atoms with Gasteiger partial charge < -0.3 is 14.9 Å². The third-order valence-corrected chi connectivity index (χ3v) is 3.07. The van der Waals surface area contributed by atoms with Gasteiger partial charge in [-0.1, -0.05) is 20.8 Å². The molecule has 1 unspecified atom stereocenters. The van der Waals surface area contributed by atoms with Crippen LogP contribution in [-0.4, -0.2) is 53.1 Å². The monoisotopic (exact) mass is 256 g/mol. The summed E-state index contributed by atoms with van der Waals surface area (Å²) in [4.78, 5) is 26.4. The molecule has 0 bridgehead atoms. The normalized spacial score (nSPS) is 20.0. The van der Waals surface area contributed by atoms with Crippen molar-refractivity contribution in [2.75, 3.05) is 20.1 Å². The molecule has 1 aliphatic heterocycles. The van der Waals surface area contributed by atoms with Crippen LogP contribution in [0, 0.1) is 5.41 Å². The molecule has 1 fully saturated rings. The van der Waals surface area contributed by atoms with Crippen molar-refractivity contribution in [2.45, 2.75) is 46.1 Å². The minimum absolute atomic E-state index is 0.0475. The van der Waals surface area contributed by atoms with E-state index in [1.54, 1.807) is 16.8 Å². The molecule has 5 nitrogen and oxygen atoms in total. The Kier molecular flexibility index (Phi) is 4.59. The van der Waals surface area contributed by atoms with E-state index in [-0.39, 0.29) is 23.9 Å². The van der Waals surface area contributed by atoms with Gasteiger partial charge in [-0.2, -0.15) is 0 Å². The average molecular weight is 256 g/mol.